The number of pyridine rings is 1. The molecule has 0 aliphatic heterocycles. The molecule has 19 heavy (non-hydrogen) atoms. The molecule has 1 aromatic heterocycles. The van der Waals surface area contributed by atoms with E-state index in [9.17, 15) is 13.2 Å². The number of nitrogens with zero attached hydrogens (tertiary/aromatic N) is 2. The molecule has 1 rings (SSSR count). The van der Waals surface area contributed by atoms with Gasteiger partial charge in [0.2, 0.25) is 0 Å². The van der Waals surface area contributed by atoms with Crippen LogP contribution >= 0.6 is 0 Å². The molecule has 0 fully saturated rings. The van der Waals surface area contributed by atoms with E-state index in [2.05, 4.69) is 10.3 Å². The smallest absolute Gasteiger partial charge is 0.257 e. The van der Waals surface area contributed by atoms with E-state index in [0.717, 1.165) is 6.26 Å². The van der Waals surface area contributed by atoms with Gasteiger partial charge in [-0.15, -0.1) is 0 Å². The Hall–Kier alpha value is -1.63. The van der Waals surface area contributed by atoms with Gasteiger partial charge in [0.25, 0.3) is 5.91 Å². The highest BCUT2D eigenvalue weighted by molar-refractivity contribution is 7.90. The van der Waals surface area contributed by atoms with Gasteiger partial charge in [0.15, 0.2) is 0 Å². The first-order valence-electron chi connectivity index (χ1n) is 5.96. The van der Waals surface area contributed by atoms with Gasteiger partial charge >= 0.3 is 0 Å². The van der Waals surface area contributed by atoms with Gasteiger partial charge in [-0.1, -0.05) is 0 Å². The molecule has 106 valence electrons. The Labute approximate surface area is 113 Å². The maximum atomic E-state index is 12.2. The van der Waals surface area contributed by atoms with E-state index in [4.69, 9.17) is 0 Å². The Balaban J connectivity index is 2.82. The molecule has 0 bridgehead atoms. The van der Waals surface area contributed by atoms with Gasteiger partial charge in [-0.05, 0) is 13.0 Å². The predicted molar refractivity (Wildman–Crippen MR) is 75.1 cm³/mol. The SMILES string of the molecule is CCNc1ccncc1C(=O)N(C)CCS(C)(=O)=O. The highest BCUT2D eigenvalue weighted by Crippen LogP contribution is 2.15. The van der Waals surface area contributed by atoms with Crippen LogP contribution in [0.25, 0.3) is 0 Å². The highest BCUT2D eigenvalue weighted by Gasteiger charge is 2.17. The monoisotopic (exact) mass is 285 g/mol. The molecule has 1 amide bonds. The topological polar surface area (TPSA) is 79.4 Å². The van der Waals surface area contributed by atoms with Gasteiger partial charge in [-0.3, -0.25) is 9.78 Å². The van der Waals surface area contributed by atoms with Gasteiger partial charge in [0, 0.05) is 38.8 Å². The zero-order chi connectivity index (χ0) is 14.5. The molecule has 1 aromatic rings. The first kappa shape index (κ1) is 15.4. The molecule has 0 aliphatic rings. The lowest BCUT2D eigenvalue weighted by Crippen LogP contribution is -2.32. The number of hydrogen-bond donors (Lipinski definition) is 1. The molecule has 0 saturated heterocycles. The largest absolute Gasteiger partial charge is 0.385 e. The van der Waals surface area contributed by atoms with Crippen molar-refractivity contribution in [1.29, 1.82) is 0 Å². The maximum absolute atomic E-state index is 12.2. The third-order valence-electron chi connectivity index (χ3n) is 2.56. The number of amides is 1. The molecule has 6 nitrogen and oxygen atoms in total. The lowest BCUT2D eigenvalue weighted by molar-refractivity contribution is 0.0804. The lowest BCUT2D eigenvalue weighted by atomic mass is 10.2. The third kappa shape index (κ3) is 4.86. The number of nitrogens with one attached hydrogen (secondary N) is 1. The van der Waals surface area contributed by atoms with Crippen LogP contribution in [0.1, 0.15) is 17.3 Å². The van der Waals surface area contributed by atoms with Crippen LogP contribution in [0.15, 0.2) is 18.5 Å². The Morgan fingerprint density at radius 3 is 2.74 bits per heavy atom. The number of aromatic nitrogens is 1. The minimum atomic E-state index is -3.08. The molecule has 0 saturated carbocycles. The summed E-state index contributed by atoms with van der Waals surface area (Å²) in [5.74, 6) is -0.292. The number of rotatable bonds is 6. The van der Waals surface area contributed by atoms with Crippen molar-refractivity contribution in [3.05, 3.63) is 24.0 Å². The highest BCUT2D eigenvalue weighted by atomic mass is 32.2. The van der Waals surface area contributed by atoms with E-state index < -0.39 is 9.84 Å². The summed E-state index contributed by atoms with van der Waals surface area (Å²) in [4.78, 5) is 17.5. The van der Waals surface area contributed by atoms with E-state index in [0.29, 0.717) is 17.8 Å². The summed E-state index contributed by atoms with van der Waals surface area (Å²) >= 11 is 0. The summed E-state index contributed by atoms with van der Waals surface area (Å²) in [5, 5.41) is 3.08. The van der Waals surface area contributed by atoms with E-state index >= 15 is 0 Å². The number of hydrogen-bond acceptors (Lipinski definition) is 5. The van der Waals surface area contributed by atoms with Crippen molar-refractivity contribution < 1.29 is 13.2 Å². The van der Waals surface area contributed by atoms with Crippen LogP contribution in [0, 0.1) is 0 Å². The van der Waals surface area contributed by atoms with Crippen molar-refractivity contribution in [3.63, 3.8) is 0 Å². The second kappa shape index (κ2) is 6.51. The summed E-state index contributed by atoms with van der Waals surface area (Å²) in [7, 11) is -1.50. The second-order valence-electron chi connectivity index (χ2n) is 4.31. The number of sulfone groups is 1. The van der Waals surface area contributed by atoms with Gasteiger partial charge in [-0.2, -0.15) is 0 Å². The molecular formula is C12H19N3O3S. The van der Waals surface area contributed by atoms with Gasteiger partial charge in [0.1, 0.15) is 9.84 Å². The molecule has 0 unspecified atom stereocenters. The van der Waals surface area contributed by atoms with Crippen LogP contribution in [-0.4, -0.2) is 56.4 Å². The molecular weight excluding hydrogens is 266 g/mol. The fourth-order valence-electron chi connectivity index (χ4n) is 1.52. The molecule has 0 radical (unpaired) electrons. The van der Waals surface area contributed by atoms with Crippen LogP contribution in [0.4, 0.5) is 5.69 Å². The van der Waals surface area contributed by atoms with Crippen molar-refractivity contribution in [2.45, 2.75) is 6.92 Å². The van der Waals surface area contributed by atoms with Crippen LogP contribution in [0.2, 0.25) is 0 Å². The van der Waals surface area contributed by atoms with Crippen LogP contribution in [0.3, 0.4) is 0 Å². The fraction of sp³-hybridized carbons (Fsp3) is 0.500. The van der Waals surface area contributed by atoms with E-state index in [-0.39, 0.29) is 18.2 Å². The normalized spacial score (nSPS) is 11.1. The van der Waals surface area contributed by atoms with Crippen molar-refractivity contribution in [3.8, 4) is 0 Å². The molecule has 1 N–H and O–H groups in total. The summed E-state index contributed by atoms with van der Waals surface area (Å²) < 4.78 is 22.2. The Kier molecular flexibility index (Phi) is 5.29. The Morgan fingerprint density at radius 2 is 2.16 bits per heavy atom. The van der Waals surface area contributed by atoms with E-state index in [1.807, 2.05) is 6.92 Å². The van der Waals surface area contributed by atoms with Crippen molar-refractivity contribution in [1.82, 2.24) is 9.88 Å². The summed E-state index contributed by atoms with van der Waals surface area (Å²) in [6, 6.07) is 1.72. The van der Waals surface area contributed by atoms with Crippen LogP contribution in [0.5, 0.6) is 0 Å². The van der Waals surface area contributed by atoms with Gasteiger partial charge < -0.3 is 10.2 Å². The van der Waals surface area contributed by atoms with Crippen LogP contribution < -0.4 is 5.32 Å². The molecule has 0 atom stereocenters. The molecule has 1 heterocycles. The first-order valence-corrected chi connectivity index (χ1v) is 8.02. The van der Waals surface area contributed by atoms with Gasteiger partial charge in [0.05, 0.1) is 17.0 Å². The van der Waals surface area contributed by atoms with E-state index in [1.165, 1.54) is 11.1 Å². The van der Waals surface area contributed by atoms with Crippen LogP contribution in [-0.2, 0) is 9.84 Å². The Bertz CT molecular complexity index is 543. The average Bonchev–Trinajstić information content (AvgIpc) is 2.35. The minimum absolute atomic E-state index is 0.0496. The zero-order valence-electron chi connectivity index (χ0n) is 11.4. The third-order valence-corrected chi connectivity index (χ3v) is 3.49. The lowest BCUT2D eigenvalue weighted by Gasteiger charge is -2.18. The summed E-state index contributed by atoms with van der Waals surface area (Å²) in [5.41, 5.74) is 1.15. The first-order chi connectivity index (χ1) is 8.85. The van der Waals surface area contributed by atoms with Gasteiger partial charge in [-0.25, -0.2) is 8.42 Å². The quantitative estimate of drug-likeness (QED) is 0.829. The predicted octanol–water partition coefficient (Wildman–Crippen LogP) is 0.630. The number of carbonyl (C=O) groups excluding carboxylic acids is 1. The molecule has 7 heteroatoms. The average molecular weight is 285 g/mol. The molecule has 0 spiro atoms. The van der Waals surface area contributed by atoms with E-state index in [1.54, 1.807) is 19.3 Å². The minimum Gasteiger partial charge on any atom is -0.385 e. The molecule has 0 aliphatic carbocycles. The second-order valence-corrected chi connectivity index (χ2v) is 6.57. The Morgan fingerprint density at radius 1 is 1.47 bits per heavy atom. The van der Waals surface area contributed by atoms with Crippen molar-refractivity contribution in [2.75, 3.05) is 37.5 Å². The van der Waals surface area contributed by atoms with Crippen molar-refractivity contribution in [2.24, 2.45) is 0 Å². The maximum Gasteiger partial charge on any atom is 0.257 e. The summed E-state index contributed by atoms with van der Waals surface area (Å²) in [6.45, 7) is 2.79. The standard InChI is InChI=1S/C12H19N3O3S/c1-4-14-11-5-6-13-9-10(11)12(16)15(2)7-8-19(3,17)18/h5-6,9H,4,7-8H2,1-3H3,(H,13,14). The number of carbonyl (C=O) groups is 1. The summed E-state index contributed by atoms with van der Waals surface area (Å²) in [6.07, 6.45) is 4.24. The van der Waals surface area contributed by atoms with Crippen molar-refractivity contribution >= 4 is 21.4 Å². The molecule has 0 aromatic carbocycles. The zero-order valence-corrected chi connectivity index (χ0v) is 12.2. The number of anilines is 1. The fourth-order valence-corrected chi connectivity index (χ4v) is 2.12.